The Kier molecular flexibility index (Phi) is 3.66. The fraction of sp³-hybridized carbons (Fsp3) is 0.467. The molecule has 0 heterocycles. The Morgan fingerprint density at radius 2 is 2.10 bits per heavy atom. The molecule has 4 nitrogen and oxygen atoms in total. The van der Waals surface area contributed by atoms with E-state index in [9.17, 15) is 10.1 Å². The molecule has 106 valence electrons. The van der Waals surface area contributed by atoms with Crippen molar-refractivity contribution < 1.29 is 9.53 Å². The summed E-state index contributed by atoms with van der Waals surface area (Å²) in [5.41, 5.74) is 0.378. The number of nitriles is 1. The monoisotopic (exact) mass is 292 g/mol. The van der Waals surface area contributed by atoms with Crippen LogP contribution in [-0.4, -0.2) is 11.7 Å². The molecule has 1 aliphatic carbocycles. The van der Waals surface area contributed by atoms with Gasteiger partial charge in [-0.25, -0.2) is 4.79 Å². The van der Waals surface area contributed by atoms with E-state index in [1.165, 1.54) is 0 Å². The molecule has 0 spiro atoms. The minimum atomic E-state index is -0.571. The Labute approximate surface area is 123 Å². The zero-order valence-electron chi connectivity index (χ0n) is 11.8. The van der Waals surface area contributed by atoms with Crippen molar-refractivity contribution in [1.29, 1.82) is 5.26 Å². The van der Waals surface area contributed by atoms with Crippen LogP contribution in [0.1, 0.15) is 39.2 Å². The van der Waals surface area contributed by atoms with Crippen LogP contribution in [-0.2, 0) is 10.2 Å². The topological polar surface area (TPSA) is 62.1 Å². The Bertz CT molecular complexity index is 581. The highest BCUT2D eigenvalue weighted by molar-refractivity contribution is 6.33. The largest absolute Gasteiger partial charge is 0.444 e. The van der Waals surface area contributed by atoms with Gasteiger partial charge in [0.25, 0.3) is 0 Å². The van der Waals surface area contributed by atoms with Gasteiger partial charge in [-0.15, -0.1) is 0 Å². The molecule has 1 aliphatic rings. The molecule has 0 unspecified atom stereocenters. The first-order valence-electron chi connectivity index (χ1n) is 6.47. The molecule has 1 saturated carbocycles. The van der Waals surface area contributed by atoms with E-state index in [1.807, 2.05) is 6.07 Å². The molecule has 1 aromatic carbocycles. The number of benzene rings is 1. The average Bonchev–Trinajstić information content (AvgIpc) is 3.10. The second kappa shape index (κ2) is 4.99. The first-order chi connectivity index (χ1) is 9.26. The number of carbonyl (C=O) groups is 1. The van der Waals surface area contributed by atoms with Crippen molar-refractivity contribution in [3.8, 4) is 6.07 Å². The smallest absolute Gasteiger partial charge is 0.412 e. The van der Waals surface area contributed by atoms with Crippen molar-refractivity contribution in [2.24, 2.45) is 0 Å². The van der Waals surface area contributed by atoms with Gasteiger partial charge in [-0.05, 0) is 51.3 Å². The van der Waals surface area contributed by atoms with E-state index in [-0.39, 0.29) is 0 Å². The van der Waals surface area contributed by atoms with Crippen molar-refractivity contribution in [2.75, 3.05) is 5.32 Å². The quantitative estimate of drug-likeness (QED) is 0.886. The molecule has 1 N–H and O–H groups in total. The lowest BCUT2D eigenvalue weighted by Gasteiger charge is -2.20. The Balaban J connectivity index is 2.18. The van der Waals surface area contributed by atoms with E-state index >= 15 is 0 Å². The van der Waals surface area contributed by atoms with Crippen molar-refractivity contribution in [3.63, 3.8) is 0 Å². The molecular formula is C15H17ClN2O2. The molecule has 0 atom stereocenters. The summed E-state index contributed by atoms with van der Waals surface area (Å²) in [6, 6.07) is 7.60. The average molecular weight is 293 g/mol. The third kappa shape index (κ3) is 3.23. The Morgan fingerprint density at radius 3 is 2.60 bits per heavy atom. The van der Waals surface area contributed by atoms with Gasteiger partial charge < -0.3 is 4.74 Å². The van der Waals surface area contributed by atoms with Crippen LogP contribution in [0.2, 0.25) is 5.02 Å². The van der Waals surface area contributed by atoms with E-state index in [0.717, 1.165) is 18.4 Å². The minimum absolute atomic E-state index is 0.408. The number of ether oxygens (including phenoxy) is 1. The number of nitrogens with zero attached hydrogens (tertiary/aromatic N) is 1. The van der Waals surface area contributed by atoms with Crippen molar-refractivity contribution >= 4 is 23.4 Å². The van der Waals surface area contributed by atoms with Gasteiger partial charge in [0.1, 0.15) is 5.60 Å². The lowest BCUT2D eigenvalue weighted by Crippen LogP contribution is -2.27. The number of hydrogen-bond acceptors (Lipinski definition) is 3. The lowest BCUT2D eigenvalue weighted by molar-refractivity contribution is 0.0636. The van der Waals surface area contributed by atoms with Gasteiger partial charge in [0, 0.05) is 0 Å². The zero-order valence-corrected chi connectivity index (χ0v) is 12.5. The number of rotatable bonds is 2. The summed E-state index contributed by atoms with van der Waals surface area (Å²) in [4.78, 5) is 11.8. The van der Waals surface area contributed by atoms with Crippen LogP contribution < -0.4 is 5.32 Å². The van der Waals surface area contributed by atoms with Gasteiger partial charge in [0.05, 0.1) is 22.2 Å². The van der Waals surface area contributed by atoms with Crippen molar-refractivity contribution in [3.05, 3.63) is 28.8 Å². The number of halogens is 1. The molecule has 0 radical (unpaired) electrons. The highest BCUT2D eigenvalue weighted by Crippen LogP contribution is 2.48. The number of anilines is 1. The molecular weight excluding hydrogens is 276 g/mol. The second-order valence-corrected chi connectivity index (χ2v) is 6.42. The number of hydrogen-bond donors (Lipinski definition) is 1. The van der Waals surface area contributed by atoms with Crippen LogP contribution in [0.25, 0.3) is 0 Å². The SMILES string of the molecule is CC(C)(C)OC(=O)Nc1cc(C2(C#N)CC2)ccc1Cl. The minimum Gasteiger partial charge on any atom is -0.444 e. The van der Waals surface area contributed by atoms with Crippen molar-refractivity contribution in [2.45, 2.75) is 44.6 Å². The van der Waals surface area contributed by atoms with E-state index in [4.69, 9.17) is 16.3 Å². The fourth-order valence-electron chi connectivity index (χ4n) is 1.92. The Morgan fingerprint density at radius 1 is 1.45 bits per heavy atom. The molecule has 0 bridgehead atoms. The van der Waals surface area contributed by atoms with E-state index in [2.05, 4.69) is 11.4 Å². The van der Waals surface area contributed by atoms with Gasteiger partial charge in [0.2, 0.25) is 0 Å². The summed E-state index contributed by atoms with van der Waals surface area (Å²) in [6.45, 7) is 5.37. The number of nitrogens with one attached hydrogen (secondary N) is 1. The van der Waals surface area contributed by atoms with Gasteiger partial charge in [-0.1, -0.05) is 17.7 Å². The lowest BCUT2D eigenvalue weighted by atomic mass is 9.97. The van der Waals surface area contributed by atoms with E-state index in [1.54, 1.807) is 32.9 Å². The highest BCUT2D eigenvalue weighted by Gasteiger charge is 2.45. The molecule has 0 saturated heterocycles. The standard InChI is InChI=1S/C15H17ClN2O2/c1-14(2,3)20-13(19)18-12-8-10(4-5-11(12)16)15(9-17)6-7-15/h4-5,8H,6-7H2,1-3H3,(H,18,19). The van der Waals surface area contributed by atoms with Crippen LogP contribution in [0.4, 0.5) is 10.5 Å². The zero-order chi connectivity index (χ0) is 15.0. The molecule has 1 aromatic rings. The third-order valence-corrected chi connectivity index (χ3v) is 3.45. The van der Waals surface area contributed by atoms with Crippen LogP contribution in [0.3, 0.4) is 0 Å². The first-order valence-corrected chi connectivity index (χ1v) is 6.85. The molecule has 5 heteroatoms. The second-order valence-electron chi connectivity index (χ2n) is 6.02. The molecule has 1 fully saturated rings. The molecule has 2 rings (SSSR count). The Hall–Kier alpha value is -1.73. The maximum atomic E-state index is 11.8. The predicted octanol–water partition coefficient (Wildman–Crippen LogP) is 4.24. The maximum Gasteiger partial charge on any atom is 0.412 e. The van der Waals surface area contributed by atoms with E-state index in [0.29, 0.717) is 10.7 Å². The predicted molar refractivity (Wildman–Crippen MR) is 77.8 cm³/mol. The van der Waals surface area contributed by atoms with Crippen molar-refractivity contribution in [1.82, 2.24) is 0 Å². The van der Waals surface area contributed by atoms with Crippen LogP contribution in [0, 0.1) is 11.3 Å². The summed E-state index contributed by atoms with van der Waals surface area (Å²) in [7, 11) is 0. The summed E-state index contributed by atoms with van der Waals surface area (Å²) in [5.74, 6) is 0. The summed E-state index contributed by atoms with van der Waals surface area (Å²) < 4.78 is 5.19. The fourth-order valence-corrected chi connectivity index (χ4v) is 2.09. The van der Waals surface area contributed by atoms with Gasteiger partial charge in [-0.3, -0.25) is 5.32 Å². The summed E-state index contributed by atoms with van der Waals surface area (Å²) >= 11 is 6.07. The number of carbonyl (C=O) groups excluding carboxylic acids is 1. The molecule has 0 aromatic heterocycles. The normalized spacial score (nSPS) is 16.1. The van der Waals surface area contributed by atoms with Crippen LogP contribution >= 0.6 is 11.6 Å². The van der Waals surface area contributed by atoms with Gasteiger partial charge >= 0.3 is 6.09 Å². The van der Waals surface area contributed by atoms with E-state index < -0.39 is 17.1 Å². The van der Waals surface area contributed by atoms with Crippen LogP contribution in [0.15, 0.2) is 18.2 Å². The third-order valence-electron chi connectivity index (χ3n) is 3.12. The summed E-state index contributed by atoms with van der Waals surface area (Å²) in [6.07, 6.45) is 1.13. The van der Waals surface area contributed by atoms with Gasteiger partial charge in [0.15, 0.2) is 0 Å². The maximum absolute atomic E-state index is 11.8. The van der Waals surface area contributed by atoms with Crippen LogP contribution in [0.5, 0.6) is 0 Å². The first kappa shape index (κ1) is 14.7. The summed E-state index contributed by atoms with van der Waals surface area (Å²) in [5, 5.41) is 12.3. The molecule has 1 amide bonds. The number of amides is 1. The van der Waals surface area contributed by atoms with Gasteiger partial charge in [-0.2, -0.15) is 5.26 Å². The molecule has 0 aliphatic heterocycles. The molecule has 20 heavy (non-hydrogen) atoms. The highest BCUT2D eigenvalue weighted by atomic mass is 35.5.